The lowest BCUT2D eigenvalue weighted by molar-refractivity contribution is -0.262. The van der Waals surface area contributed by atoms with Crippen LogP contribution in [0, 0.1) is 79.3 Å². The standard InChI is InChI=1S/C59H79NO11S2/c1-32(2)33(3)46-48(71-46)57(69)19-8-9-36-25-40-41-27-45(65)55(28-42(63)47(66)53(51(40,55)4)17-5-6-18-53)50(68)73-72-29-37-10-7-16-52(31-61)20-14-35-11-12-44(64)56(35)30-60(49(67)59(37,52)56)38-23-34(24-39(62)26-38)13-21-54(36)43(57)15-22-58(41,54)70/h8-9,14,20,23-24,26-27,32-33,35-37,40,42-44,46-48,50,61-64,66,68-70H,5-7,10-13,15-19,21-22,25,28-31H2,1-4H3. The molecular weight excluding hydrogens is 963 g/mol. The fourth-order valence-corrected chi connectivity index (χ4v) is 24.3. The van der Waals surface area contributed by atoms with E-state index in [1.54, 1.807) is 23.1 Å². The van der Waals surface area contributed by atoms with Crippen molar-refractivity contribution >= 4 is 39.0 Å². The molecule has 1 aromatic carbocycles. The van der Waals surface area contributed by atoms with Gasteiger partial charge in [0.25, 0.3) is 0 Å². The maximum absolute atomic E-state index is 16.3. The Bertz CT molecular complexity index is 2580. The molecule has 2 saturated heterocycles. The average molecular weight is 1040 g/mol. The molecule has 5 spiro atoms. The van der Waals surface area contributed by atoms with Crippen LogP contribution in [0.15, 0.2) is 54.2 Å². The summed E-state index contributed by atoms with van der Waals surface area (Å²) >= 11 is 0. The first-order valence-corrected chi connectivity index (χ1v) is 30.6. The van der Waals surface area contributed by atoms with Crippen molar-refractivity contribution in [2.24, 2.45) is 79.3 Å². The molecule has 8 bridgehead atoms. The molecule has 14 heteroatoms. The highest BCUT2D eigenvalue weighted by molar-refractivity contribution is 8.76. The number of carbonyl (C=O) groups is 2. The Balaban J connectivity index is 1.04. The minimum atomic E-state index is -1.62. The number of nitrogens with zero attached hydrogens (tertiary/aromatic N) is 1. The van der Waals surface area contributed by atoms with E-state index in [-0.39, 0.29) is 73.2 Å². The minimum Gasteiger partial charge on any atom is -0.508 e. The van der Waals surface area contributed by atoms with E-state index in [2.05, 4.69) is 52.0 Å². The van der Waals surface area contributed by atoms with Crippen LogP contribution in [0.25, 0.3) is 0 Å². The summed E-state index contributed by atoms with van der Waals surface area (Å²) in [5, 5.41) is 102. The van der Waals surface area contributed by atoms with Crippen LogP contribution >= 0.6 is 21.6 Å². The topological polar surface area (TPSA) is 212 Å². The van der Waals surface area contributed by atoms with Crippen LogP contribution < -0.4 is 4.90 Å². The Labute approximate surface area is 438 Å². The molecule has 15 rings (SSSR count). The molecule has 398 valence electrons. The van der Waals surface area contributed by atoms with Crippen LogP contribution in [-0.2, 0) is 20.7 Å². The Morgan fingerprint density at radius 1 is 0.890 bits per heavy atom. The van der Waals surface area contributed by atoms with Crippen molar-refractivity contribution in [3.8, 4) is 5.75 Å². The first-order valence-electron chi connectivity index (χ1n) is 28.2. The average Bonchev–Trinajstić information content (AvgIpc) is 3.67. The van der Waals surface area contributed by atoms with Gasteiger partial charge in [0.1, 0.15) is 22.9 Å². The highest BCUT2D eigenvalue weighted by Crippen LogP contribution is 2.81. The SMILES string of the molecule is CC(C)C(C)C1OC1C1(O)CC=CC2CC3C4=CC(=O)C5(CC(O)C(O)C6(CCCC6)C35C)C(O)SSCC3CCCC5(CO)C=CC6CCC(O)C67CN(C(=O)C357)c3cc(O)cc(c3)CCC23C1CCC43O. The predicted molar refractivity (Wildman–Crippen MR) is 279 cm³/mol. The molecule has 73 heavy (non-hydrogen) atoms. The van der Waals surface area contributed by atoms with Crippen LogP contribution in [0.4, 0.5) is 5.69 Å². The van der Waals surface area contributed by atoms with Crippen molar-refractivity contribution in [1.29, 1.82) is 0 Å². The molecule has 0 radical (unpaired) electrons. The minimum absolute atomic E-state index is 0.00868. The number of aromatic hydroxyl groups is 1. The number of fused-ring (bicyclic) bond motifs is 1. The number of allylic oxidation sites excluding steroid dienone is 3. The number of aliphatic hydroxyl groups excluding tert-OH is 5. The number of phenolic OH excluding ortho intramolecular Hbond substituents is 1. The van der Waals surface area contributed by atoms with Gasteiger partial charge in [0.05, 0.1) is 47.5 Å². The summed E-state index contributed by atoms with van der Waals surface area (Å²) in [5.74, 6) is -1.42. The summed E-state index contributed by atoms with van der Waals surface area (Å²) in [7, 11) is 2.64. The molecule has 9 aliphatic carbocycles. The van der Waals surface area contributed by atoms with E-state index in [0.29, 0.717) is 93.6 Å². The molecule has 20 atom stereocenters. The maximum Gasteiger partial charge on any atom is 0.235 e. The second-order valence-corrected chi connectivity index (χ2v) is 29.1. The molecular formula is C59H79NO11S2. The van der Waals surface area contributed by atoms with Crippen molar-refractivity contribution in [3.63, 3.8) is 0 Å². The van der Waals surface area contributed by atoms with Gasteiger partial charge in [-0.15, -0.1) is 0 Å². The van der Waals surface area contributed by atoms with Gasteiger partial charge in [-0.3, -0.25) is 9.59 Å². The summed E-state index contributed by atoms with van der Waals surface area (Å²) in [5.41, 5.74) is -10.3. The van der Waals surface area contributed by atoms with E-state index in [1.807, 2.05) is 6.07 Å². The third-order valence-corrected chi connectivity index (χ3v) is 27.4. The lowest BCUT2D eigenvalue weighted by atomic mass is 9.33. The number of amides is 1. The number of phenols is 1. The zero-order chi connectivity index (χ0) is 51.3. The van der Waals surface area contributed by atoms with Crippen LogP contribution in [0.3, 0.4) is 0 Å². The molecule has 12 nitrogen and oxygen atoms in total. The van der Waals surface area contributed by atoms with Crippen molar-refractivity contribution in [3.05, 3.63) is 59.7 Å². The fraction of sp³-hybridized carbons (Fsp3) is 0.763. The van der Waals surface area contributed by atoms with Crippen LogP contribution in [0.1, 0.15) is 130 Å². The number of aryl methyl sites for hydroxylation is 1. The number of rotatable bonds is 4. The van der Waals surface area contributed by atoms with Crippen LogP contribution in [-0.4, -0.2) is 119 Å². The van der Waals surface area contributed by atoms with E-state index in [1.165, 1.54) is 21.6 Å². The predicted octanol–water partition coefficient (Wildman–Crippen LogP) is 7.18. The Morgan fingerprint density at radius 3 is 2.42 bits per heavy atom. The first kappa shape index (κ1) is 50.3. The number of aliphatic hydroxyl groups is 7. The first-order chi connectivity index (χ1) is 34.7. The van der Waals surface area contributed by atoms with Gasteiger partial charge in [0, 0.05) is 51.6 Å². The van der Waals surface area contributed by atoms with Gasteiger partial charge in [0.2, 0.25) is 5.91 Å². The van der Waals surface area contributed by atoms with Crippen molar-refractivity contribution in [1.82, 2.24) is 0 Å². The summed E-state index contributed by atoms with van der Waals surface area (Å²) in [4.78, 5) is 34.2. The molecule has 5 heterocycles. The third-order valence-electron chi connectivity index (χ3n) is 24.7. The summed E-state index contributed by atoms with van der Waals surface area (Å²) in [6.07, 6.45) is 14.3. The second kappa shape index (κ2) is 16.4. The van der Waals surface area contributed by atoms with Gasteiger partial charge >= 0.3 is 0 Å². The number of ketones is 1. The zero-order valence-corrected chi connectivity index (χ0v) is 44.8. The molecule has 8 N–H and O–H groups in total. The van der Waals surface area contributed by atoms with Gasteiger partial charge < -0.3 is 50.5 Å². The van der Waals surface area contributed by atoms with E-state index < -0.39 is 90.8 Å². The van der Waals surface area contributed by atoms with E-state index in [0.717, 1.165) is 24.8 Å². The highest BCUT2D eigenvalue weighted by Gasteiger charge is 2.83. The quantitative estimate of drug-likeness (QED) is 0.0855. The fourth-order valence-electron chi connectivity index (χ4n) is 21.3. The Morgan fingerprint density at radius 2 is 1.67 bits per heavy atom. The smallest absolute Gasteiger partial charge is 0.235 e. The van der Waals surface area contributed by atoms with Crippen LogP contribution in [0.5, 0.6) is 5.75 Å². The Kier molecular flexibility index (Phi) is 11.3. The lowest BCUT2D eigenvalue weighted by Crippen LogP contribution is -2.75. The monoisotopic (exact) mass is 1040 g/mol. The maximum atomic E-state index is 16.3. The normalized spacial score (nSPS) is 51.5. The largest absolute Gasteiger partial charge is 0.508 e. The summed E-state index contributed by atoms with van der Waals surface area (Å²) < 4.78 is 6.57. The number of epoxide rings is 1. The molecule has 1 amide bonds. The van der Waals surface area contributed by atoms with Crippen molar-refractivity contribution < 1.29 is 55.2 Å². The second-order valence-electron chi connectivity index (χ2n) is 26.6. The van der Waals surface area contributed by atoms with E-state index >= 15 is 9.59 Å². The molecule has 20 unspecified atom stereocenters. The van der Waals surface area contributed by atoms with Crippen molar-refractivity contribution in [2.45, 2.75) is 178 Å². The number of ether oxygens (including phenoxy) is 1. The van der Waals surface area contributed by atoms with Gasteiger partial charge in [-0.25, -0.2) is 0 Å². The summed E-state index contributed by atoms with van der Waals surface area (Å²) in [6.45, 7) is 8.55. The van der Waals surface area contributed by atoms with Gasteiger partial charge in [0.15, 0.2) is 5.78 Å². The van der Waals surface area contributed by atoms with Crippen molar-refractivity contribution in [2.75, 3.05) is 23.8 Å². The molecule has 14 aliphatic rings. The van der Waals surface area contributed by atoms with Gasteiger partial charge in [-0.05, 0) is 154 Å². The third kappa shape index (κ3) is 5.76. The van der Waals surface area contributed by atoms with Gasteiger partial charge in [-0.2, -0.15) is 0 Å². The zero-order valence-electron chi connectivity index (χ0n) is 43.1. The van der Waals surface area contributed by atoms with Crippen LogP contribution in [0.2, 0.25) is 0 Å². The Hall–Kier alpha value is -2.24. The number of carbonyl (C=O) groups excluding carboxylic acids is 2. The number of anilines is 1. The molecule has 0 aromatic heterocycles. The summed E-state index contributed by atoms with van der Waals surface area (Å²) in [6, 6.07) is 5.38. The van der Waals surface area contributed by atoms with Gasteiger partial charge in [-0.1, -0.05) is 92.8 Å². The van der Waals surface area contributed by atoms with E-state index in [4.69, 9.17) is 4.74 Å². The number of benzene rings is 1. The lowest BCUT2D eigenvalue weighted by Gasteiger charge is -2.72. The molecule has 5 aliphatic heterocycles. The molecule has 8 fully saturated rings. The number of hydrogen-bond acceptors (Lipinski definition) is 13. The highest BCUT2D eigenvalue weighted by atomic mass is 33.1. The number of hydrogen-bond donors (Lipinski definition) is 8. The molecule has 1 aromatic rings. The van der Waals surface area contributed by atoms with E-state index in [9.17, 15) is 40.9 Å². The molecule has 6 saturated carbocycles.